The second-order valence-corrected chi connectivity index (χ2v) is 11.1. The number of carbonyl (C=O) groups is 3. The number of hydrogen-bond donors (Lipinski definition) is 6. The molecular formula is C30H40FN3O8. The summed E-state index contributed by atoms with van der Waals surface area (Å²) in [5, 5.41) is 47.8. The van der Waals surface area contributed by atoms with E-state index in [2.05, 4.69) is 28.2 Å². The minimum Gasteiger partial charge on any atom is -0.508 e. The van der Waals surface area contributed by atoms with Crippen LogP contribution in [-0.2, 0) is 33.0 Å². The van der Waals surface area contributed by atoms with Gasteiger partial charge in [-0.05, 0) is 43.7 Å². The number of piperazine rings is 1. The van der Waals surface area contributed by atoms with E-state index in [-0.39, 0.29) is 11.4 Å². The summed E-state index contributed by atoms with van der Waals surface area (Å²) >= 11 is 0. The fraction of sp³-hybridized carbons (Fsp3) is 0.500. The van der Waals surface area contributed by atoms with Crippen LogP contribution in [-0.4, -0.2) is 92.1 Å². The van der Waals surface area contributed by atoms with E-state index < -0.39 is 36.4 Å². The van der Waals surface area contributed by atoms with Gasteiger partial charge in [-0.3, -0.25) is 14.5 Å². The van der Waals surface area contributed by atoms with E-state index in [0.29, 0.717) is 12.3 Å². The van der Waals surface area contributed by atoms with Gasteiger partial charge in [-0.1, -0.05) is 37.1 Å². The van der Waals surface area contributed by atoms with Gasteiger partial charge in [0.15, 0.2) is 5.60 Å². The summed E-state index contributed by atoms with van der Waals surface area (Å²) in [6.07, 6.45) is 1.86. The number of likely N-dealkylation sites (N-methyl/N-ethyl adjacent to an activating group) is 1. The van der Waals surface area contributed by atoms with Crippen molar-refractivity contribution in [2.75, 3.05) is 33.2 Å². The van der Waals surface area contributed by atoms with Crippen molar-refractivity contribution in [1.82, 2.24) is 15.1 Å². The monoisotopic (exact) mass is 589 g/mol. The molecule has 0 bridgehead atoms. The van der Waals surface area contributed by atoms with Crippen LogP contribution in [0.1, 0.15) is 55.2 Å². The molecule has 11 nitrogen and oxygen atoms in total. The molecular weight excluding hydrogens is 549 g/mol. The van der Waals surface area contributed by atoms with E-state index in [1.54, 1.807) is 18.2 Å². The van der Waals surface area contributed by atoms with Crippen molar-refractivity contribution < 1.29 is 44.3 Å². The molecule has 4 rings (SSSR count). The molecule has 2 aliphatic rings. The van der Waals surface area contributed by atoms with Gasteiger partial charge in [-0.2, -0.15) is 0 Å². The van der Waals surface area contributed by atoms with Crippen molar-refractivity contribution >= 4 is 17.9 Å². The number of hydrogen-bond acceptors (Lipinski definition) is 8. The number of aromatic hydroxyl groups is 1. The van der Waals surface area contributed by atoms with Crippen LogP contribution in [0.15, 0.2) is 42.5 Å². The summed E-state index contributed by atoms with van der Waals surface area (Å²) in [6.45, 7) is 5.61. The molecule has 0 radical (unpaired) electrons. The Labute approximate surface area is 244 Å². The first-order chi connectivity index (χ1) is 19.8. The standard InChI is InChI=1S/C24H32FN3O.C6H8O7/c1-27-12-14-28(15-13-27)18-20-16-19(8-9-23(20)29)17-26-24(10-4-5-11-24)21-6-2-3-7-22(21)25;7-3(8)1-6(13,5(11)12)2-4(9)10/h2-3,6-9,16,26,29H,4-5,10-15,17-18H2,1H3;13H,1-2H2,(H,7,8)(H,9,10)(H,11,12). The highest BCUT2D eigenvalue weighted by Gasteiger charge is 2.41. The van der Waals surface area contributed by atoms with Crippen molar-refractivity contribution in [3.63, 3.8) is 0 Å². The number of nitrogens with zero attached hydrogens (tertiary/aromatic N) is 2. The molecule has 1 aliphatic heterocycles. The number of phenolic OH excluding ortho intramolecular Hbond substituents is 1. The molecule has 42 heavy (non-hydrogen) atoms. The maximum Gasteiger partial charge on any atom is 0.336 e. The maximum atomic E-state index is 14.5. The highest BCUT2D eigenvalue weighted by Crippen LogP contribution is 2.40. The molecule has 0 aromatic heterocycles. The zero-order valence-corrected chi connectivity index (χ0v) is 23.8. The van der Waals surface area contributed by atoms with Crippen LogP contribution >= 0.6 is 0 Å². The molecule has 1 aliphatic carbocycles. The lowest BCUT2D eigenvalue weighted by atomic mass is 9.87. The topological polar surface area (TPSA) is 171 Å². The first-order valence-electron chi connectivity index (χ1n) is 13.9. The number of phenols is 1. The van der Waals surface area contributed by atoms with Crippen LogP contribution in [0.2, 0.25) is 0 Å². The smallest absolute Gasteiger partial charge is 0.336 e. The molecule has 2 aromatic rings. The van der Waals surface area contributed by atoms with Gasteiger partial charge in [0.2, 0.25) is 0 Å². The minimum atomic E-state index is -2.74. The molecule has 0 atom stereocenters. The van der Waals surface area contributed by atoms with Crippen LogP contribution in [0.3, 0.4) is 0 Å². The van der Waals surface area contributed by atoms with Gasteiger partial charge in [0.25, 0.3) is 0 Å². The summed E-state index contributed by atoms with van der Waals surface area (Å²) in [7, 11) is 2.15. The first kappa shape index (κ1) is 32.9. The van der Waals surface area contributed by atoms with Gasteiger partial charge in [-0.25, -0.2) is 9.18 Å². The van der Waals surface area contributed by atoms with E-state index in [1.165, 1.54) is 0 Å². The molecule has 1 saturated carbocycles. The highest BCUT2D eigenvalue weighted by molar-refractivity contribution is 5.88. The number of halogens is 1. The third kappa shape index (κ3) is 8.96. The molecule has 12 heteroatoms. The summed E-state index contributed by atoms with van der Waals surface area (Å²) in [5.41, 5.74) is -0.137. The van der Waals surface area contributed by atoms with E-state index in [0.717, 1.165) is 75.1 Å². The van der Waals surface area contributed by atoms with Crippen LogP contribution in [0, 0.1) is 5.82 Å². The highest BCUT2D eigenvalue weighted by atomic mass is 19.1. The first-order valence-corrected chi connectivity index (χ1v) is 13.9. The number of aliphatic hydroxyl groups is 1. The van der Waals surface area contributed by atoms with Gasteiger partial charge in [0.1, 0.15) is 11.6 Å². The molecule has 230 valence electrons. The van der Waals surface area contributed by atoms with Gasteiger partial charge in [0.05, 0.1) is 12.8 Å². The van der Waals surface area contributed by atoms with Crippen LogP contribution in [0.25, 0.3) is 0 Å². The number of carboxylic acid groups (broad SMARTS) is 3. The lowest BCUT2D eigenvalue weighted by Crippen LogP contribution is -2.43. The largest absolute Gasteiger partial charge is 0.508 e. The number of rotatable bonds is 11. The summed E-state index contributed by atoms with van der Waals surface area (Å²) in [6, 6.07) is 13.0. The van der Waals surface area contributed by atoms with Gasteiger partial charge < -0.3 is 35.7 Å². The molecule has 1 saturated heterocycles. The van der Waals surface area contributed by atoms with E-state index >= 15 is 0 Å². The molecule has 0 spiro atoms. The molecule has 2 fully saturated rings. The number of carboxylic acids is 3. The molecule has 6 N–H and O–H groups in total. The Morgan fingerprint density at radius 2 is 1.55 bits per heavy atom. The summed E-state index contributed by atoms with van der Waals surface area (Å²) in [4.78, 5) is 35.2. The fourth-order valence-corrected chi connectivity index (χ4v) is 5.48. The van der Waals surface area contributed by atoms with Crippen molar-refractivity contribution in [2.24, 2.45) is 0 Å². The maximum absolute atomic E-state index is 14.5. The second-order valence-electron chi connectivity index (χ2n) is 11.1. The molecule has 0 amide bonds. The molecule has 1 heterocycles. The van der Waals surface area contributed by atoms with Crippen molar-refractivity contribution in [3.8, 4) is 5.75 Å². The summed E-state index contributed by atoms with van der Waals surface area (Å²) < 4.78 is 14.5. The second kappa shape index (κ2) is 14.5. The van der Waals surface area contributed by atoms with E-state index in [4.69, 9.17) is 20.4 Å². The van der Waals surface area contributed by atoms with Crippen molar-refractivity contribution in [2.45, 2.75) is 62.8 Å². The third-order valence-electron chi connectivity index (χ3n) is 7.90. The Balaban J connectivity index is 0.000000316. The zero-order chi connectivity index (χ0) is 30.9. The fourth-order valence-electron chi connectivity index (χ4n) is 5.48. The number of nitrogens with one attached hydrogen (secondary N) is 1. The quantitative estimate of drug-likeness (QED) is 0.228. The van der Waals surface area contributed by atoms with Crippen LogP contribution in [0.5, 0.6) is 5.75 Å². The predicted octanol–water partition coefficient (Wildman–Crippen LogP) is 2.59. The van der Waals surface area contributed by atoms with E-state index in [9.17, 15) is 23.9 Å². The lowest BCUT2D eigenvalue weighted by Gasteiger charge is -2.33. The minimum absolute atomic E-state index is 0.122. The zero-order valence-electron chi connectivity index (χ0n) is 23.8. The molecule has 2 aromatic carbocycles. The Morgan fingerprint density at radius 3 is 2.10 bits per heavy atom. The number of benzene rings is 2. The SMILES string of the molecule is CN1CCN(Cc2cc(CNC3(c4ccccc4F)CCCC3)ccc2O)CC1.O=C(O)CC(O)(CC(=O)O)C(=O)O. The van der Waals surface area contributed by atoms with Crippen LogP contribution < -0.4 is 5.32 Å². The summed E-state index contributed by atoms with van der Waals surface area (Å²) in [5.74, 6) is -4.78. The Kier molecular flexibility index (Phi) is 11.4. The van der Waals surface area contributed by atoms with Gasteiger partial charge >= 0.3 is 17.9 Å². The van der Waals surface area contributed by atoms with Gasteiger partial charge in [0, 0.05) is 55.9 Å². The van der Waals surface area contributed by atoms with Crippen LogP contribution in [0.4, 0.5) is 4.39 Å². The van der Waals surface area contributed by atoms with Crippen molar-refractivity contribution in [1.29, 1.82) is 0 Å². The third-order valence-corrected chi connectivity index (χ3v) is 7.90. The predicted molar refractivity (Wildman–Crippen MR) is 151 cm³/mol. The Bertz CT molecular complexity index is 1230. The average molecular weight is 590 g/mol. The average Bonchev–Trinajstić information content (AvgIpc) is 3.40. The Hall–Kier alpha value is -3.58. The lowest BCUT2D eigenvalue weighted by molar-refractivity contribution is -0.170. The molecule has 0 unspecified atom stereocenters. The van der Waals surface area contributed by atoms with Crippen molar-refractivity contribution in [3.05, 3.63) is 65.0 Å². The van der Waals surface area contributed by atoms with E-state index in [1.807, 2.05) is 18.2 Å². The van der Waals surface area contributed by atoms with Gasteiger partial charge in [-0.15, -0.1) is 0 Å². The normalized spacial score (nSPS) is 17.3. The number of aliphatic carboxylic acids is 3. The Morgan fingerprint density at radius 1 is 0.952 bits per heavy atom.